The maximum Gasteiger partial charge on any atom is 0.237 e. The highest BCUT2D eigenvalue weighted by molar-refractivity contribution is 5.41. The van der Waals surface area contributed by atoms with Crippen LogP contribution in [0.1, 0.15) is 53.4 Å². The zero-order chi connectivity index (χ0) is 16.4. The van der Waals surface area contributed by atoms with Crippen LogP contribution in [0.25, 0.3) is 0 Å². The van der Waals surface area contributed by atoms with Crippen LogP contribution in [0.15, 0.2) is 15.0 Å². The topological polar surface area (TPSA) is 88.3 Å². The van der Waals surface area contributed by atoms with E-state index >= 15 is 0 Å². The van der Waals surface area contributed by atoms with Crippen LogP contribution in [0.2, 0.25) is 0 Å². The normalized spacial score (nSPS) is 14.9. The molecule has 0 bridgehead atoms. The first-order valence-corrected chi connectivity index (χ1v) is 7.13. The van der Waals surface area contributed by atoms with Gasteiger partial charge < -0.3 is 0 Å². The van der Waals surface area contributed by atoms with Crippen LogP contribution in [0.5, 0.6) is 0 Å². The van der Waals surface area contributed by atoms with E-state index in [1.165, 1.54) is 18.2 Å². The first-order chi connectivity index (χ1) is 9.91. The fourth-order valence-corrected chi connectivity index (χ4v) is 2.34. The molecule has 0 saturated heterocycles. The minimum absolute atomic E-state index is 0.111. The Bertz CT molecular complexity index is 451. The van der Waals surface area contributed by atoms with E-state index in [0.717, 1.165) is 25.7 Å². The van der Waals surface area contributed by atoms with Gasteiger partial charge >= 0.3 is 0 Å². The van der Waals surface area contributed by atoms with Gasteiger partial charge in [-0.25, -0.2) is 19.4 Å². The van der Waals surface area contributed by atoms with Gasteiger partial charge in [0, 0.05) is 5.41 Å². The van der Waals surface area contributed by atoms with Crippen molar-refractivity contribution in [2.45, 2.75) is 59.0 Å². The molecule has 0 fully saturated rings. The highest BCUT2D eigenvalue weighted by Crippen LogP contribution is 2.44. The Balaban J connectivity index is 5.58. The summed E-state index contributed by atoms with van der Waals surface area (Å²) in [5, 5.41) is 0. The van der Waals surface area contributed by atoms with E-state index < -0.39 is 11.1 Å². The van der Waals surface area contributed by atoms with Crippen molar-refractivity contribution in [3.63, 3.8) is 0 Å². The maximum absolute atomic E-state index is 10.8. The molecule has 0 N–H and O–H groups in total. The Labute approximate surface area is 125 Å². The number of isocyanates is 3. The van der Waals surface area contributed by atoms with Gasteiger partial charge in [-0.05, 0) is 5.92 Å². The Morgan fingerprint density at radius 3 is 2.00 bits per heavy atom. The smallest absolute Gasteiger partial charge is 0.211 e. The summed E-state index contributed by atoms with van der Waals surface area (Å²) in [7, 11) is 0. The number of unbranched alkanes of at least 4 members (excludes halogenated alkanes) is 2. The van der Waals surface area contributed by atoms with E-state index in [0.29, 0.717) is 0 Å². The molecule has 0 aliphatic rings. The summed E-state index contributed by atoms with van der Waals surface area (Å²) in [6.07, 6.45) is 8.42. The Morgan fingerprint density at radius 2 is 1.57 bits per heavy atom. The summed E-state index contributed by atoms with van der Waals surface area (Å²) in [5.74, 6) is 0.111. The number of nitrogens with zero attached hydrogens (tertiary/aromatic N) is 3. The Hall–Kier alpha value is -1.86. The fraction of sp³-hybridized carbons (Fsp3) is 0.800. The largest absolute Gasteiger partial charge is 0.237 e. The van der Waals surface area contributed by atoms with Crippen molar-refractivity contribution >= 4 is 18.2 Å². The molecule has 0 aromatic carbocycles. The van der Waals surface area contributed by atoms with Crippen LogP contribution in [0, 0.1) is 11.3 Å². The van der Waals surface area contributed by atoms with Crippen LogP contribution in [-0.4, -0.2) is 30.4 Å². The molecule has 6 nitrogen and oxygen atoms in total. The SMILES string of the molecule is CCCCCC(C)C(C)(C)C(CN=C=O)(N=C=O)N=C=O. The highest BCUT2D eigenvalue weighted by atomic mass is 16.1. The third-order valence-electron chi connectivity index (χ3n) is 4.33. The van der Waals surface area contributed by atoms with E-state index in [1.54, 1.807) is 0 Å². The highest BCUT2D eigenvalue weighted by Gasteiger charge is 2.49. The van der Waals surface area contributed by atoms with Crippen molar-refractivity contribution in [3.05, 3.63) is 0 Å². The van der Waals surface area contributed by atoms with Crippen molar-refractivity contribution in [3.8, 4) is 0 Å². The zero-order valence-electron chi connectivity index (χ0n) is 13.2. The maximum atomic E-state index is 10.8. The van der Waals surface area contributed by atoms with E-state index in [-0.39, 0.29) is 12.5 Å². The van der Waals surface area contributed by atoms with Crippen molar-refractivity contribution in [2.75, 3.05) is 6.54 Å². The lowest BCUT2D eigenvalue weighted by Gasteiger charge is -2.42. The molecule has 116 valence electrons. The lowest BCUT2D eigenvalue weighted by Crippen LogP contribution is -2.48. The van der Waals surface area contributed by atoms with E-state index in [2.05, 4.69) is 21.9 Å². The second-order valence-corrected chi connectivity index (χ2v) is 5.75. The first-order valence-electron chi connectivity index (χ1n) is 7.13. The van der Waals surface area contributed by atoms with E-state index in [1.807, 2.05) is 20.8 Å². The third kappa shape index (κ3) is 4.87. The summed E-state index contributed by atoms with van der Waals surface area (Å²) in [6, 6.07) is 0. The lowest BCUT2D eigenvalue weighted by molar-refractivity contribution is 0.0981. The summed E-state index contributed by atoms with van der Waals surface area (Å²) in [5.41, 5.74) is -2.12. The van der Waals surface area contributed by atoms with Crippen LogP contribution >= 0.6 is 0 Å². The van der Waals surface area contributed by atoms with Gasteiger partial charge in [0.15, 0.2) is 5.66 Å². The monoisotopic (exact) mass is 293 g/mol. The molecular weight excluding hydrogens is 270 g/mol. The molecular formula is C15H23N3O3. The molecule has 0 radical (unpaired) electrons. The molecule has 0 aliphatic heterocycles. The second-order valence-electron chi connectivity index (χ2n) is 5.75. The molecule has 0 amide bonds. The van der Waals surface area contributed by atoms with Gasteiger partial charge in [0.05, 0.1) is 6.54 Å². The predicted molar refractivity (Wildman–Crippen MR) is 79.0 cm³/mol. The van der Waals surface area contributed by atoms with E-state index in [9.17, 15) is 14.4 Å². The Morgan fingerprint density at radius 1 is 1.00 bits per heavy atom. The van der Waals surface area contributed by atoms with Crippen LogP contribution in [0.3, 0.4) is 0 Å². The molecule has 0 aromatic rings. The summed E-state index contributed by atoms with van der Waals surface area (Å²) in [4.78, 5) is 42.8. The standard InChI is InChI=1S/C15H23N3O3/c1-5-6-7-8-13(2)14(3,4)15(17-11-20,18-12-21)9-16-10-19/h13H,5-9H2,1-4H3. The summed E-state index contributed by atoms with van der Waals surface area (Å²) >= 11 is 0. The Kier molecular flexibility index (Phi) is 8.34. The lowest BCUT2D eigenvalue weighted by atomic mass is 9.68. The number of hydrogen-bond donors (Lipinski definition) is 0. The molecule has 21 heavy (non-hydrogen) atoms. The number of aliphatic imine (C=N–C) groups is 3. The van der Waals surface area contributed by atoms with Crippen LogP contribution in [0.4, 0.5) is 0 Å². The van der Waals surface area contributed by atoms with Gasteiger partial charge in [-0.1, -0.05) is 53.4 Å². The molecule has 0 heterocycles. The third-order valence-corrected chi connectivity index (χ3v) is 4.33. The van der Waals surface area contributed by atoms with Gasteiger partial charge in [-0.3, -0.25) is 0 Å². The molecule has 1 unspecified atom stereocenters. The molecule has 0 spiro atoms. The van der Waals surface area contributed by atoms with Gasteiger partial charge in [0.2, 0.25) is 18.2 Å². The molecule has 0 aliphatic carbocycles. The van der Waals surface area contributed by atoms with Crippen LogP contribution in [-0.2, 0) is 14.4 Å². The average molecular weight is 293 g/mol. The van der Waals surface area contributed by atoms with Crippen molar-refractivity contribution in [1.82, 2.24) is 0 Å². The second kappa shape index (κ2) is 9.15. The van der Waals surface area contributed by atoms with E-state index in [4.69, 9.17) is 0 Å². The van der Waals surface area contributed by atoms with Crippen molar-refractivity contribution in [2.24, 2.45) is 26.3 Å². The molecule has 6 heteroatoms. The quantitative estimate of drug-likeness (QED) is 0.352. The molecule has 1 atom stereocenters. The van der Waals surface area contributed by atoms with Gasteiger partial charge in [0.25, 0.3) is 0 Å². The summed E-state index contributed by atoms with van der Waals surface area (Å²) < 4.78 is 0. The van der Waals surface area contributed by atoms with Crippen molar-refractivity contribution in [1.29, 1.82) is 0 Å². The molecule has 0 rings (SSSR count). The van der Waals surface area contributed by atoms with Crippen LogP contribution < -0.4 is 0 Å². The number of rotatable bonds is 10. The van der Waals surface area contributed by atoms with Gasteiger partial charge in [-0.2, -0.15) is 9.98 Å². The number of carbonyl (C=O) groups excluding carboxylic acids is 3. The minimum atomic E-state index is -1.46. The number of hydrogen-bond acceptors (Lipinski definition) is 6. The summed E-state index contributed by atoms with van der Waals surface area (Å²) in [6.45, 7) is 7.62. The zero-order valence-corrected chi connectivity index (χ0v) is 13.2. The first kappa shape index (κ1) is 19.1. The average Bonchev–Trinajstić information content (AvgIpc) is 2.45. The van der Waals surface area contributed by atoms with Crippen molar-refractivity contribution < 1.29 is 14.4 Å². The fourth-order valence-electron chi connectivity index (χ4n) is 2.34. The van der Waals surface area contributed by atoms with Gasteiger partial charge in [-0.15, -0.1) is 0 Å². The predicted octanol–water partition coefficient (Wildman–Crippen LogP) is 2.93. The molecule has 0 aromatic heterocycles. The molecule has 0 saturated carbocycles. The minimum Gasteiger partial charge on any atom is -0.211 e. The van der Waals surface area contributed by atoms with Gasteiger partial charge in [0.1, 0.15) is 0 Å².